The molecule has 0 spiro atoms. The maximum absolute atomic E-state index is 12.0. The predicted octanol–water partition coefficient (Wildman–Crippen LogP) is 1.33. The van der Waals surface area contributed by atoms with E-state index >= 15 is 0 Å². The van der Waals surface area contributed by atoms with Gasteiger partial charge in [-0.05, 0) is 33.6 Å². The molecule has 0 aromatic heterocycles. The van der Waals surface area contributed by atoms with Gasteiger partial charge in [0.1, 0.15) is 5.60 Å². The molecule has 0 radical (unpaired) electrons. The van der Waals surface area contributed by atoms with Crippen molar-refractivity contribution in [3.63, 3.8) is 0 Å². The van der Waals surface area contributed by atoms with Gasteiger partial charge in [-0.15, -0.1) is 0 Å². The zero-order chi connectivity index (χ0) is 18.6. The van der Waals surface area contributed by atoms with Gasteiger partial charge >= 0.3 is 5.97 Å². The Kier molecular flexibility index (Phi) is 6.35. The molecular weight excluding hydrogens is 326 g/mol. The molecule has 1 fully saturated rings. The summed E-state index contributed by atoms with van der Waals surface area (Å²) in [5.41, 5.74) is -1.10. The summed E-state index contributed by atoms with van der Waals surface area (Å²) in [6, 6.07) is 0. The van der Waals surface area contributed by atoms with Crippen molar-refractivity contribution in [2.75, 3.05) is 6.54 Å². The first-order valence-corrected chi connectivity index (χ1v) is 8.81. The number of aliphatic hydroxyl groups is 1. The number of carbonyl (C=O) groups is 3. The first-order chi connectivity index (χ1) is 11.7. The third-order valence-electron chi connectivity index (χ3n) is 4.61. The molecule has 2 amide bonds. The van der Waals surface area contributed by atoms with Gasteiger partial charge in [0.05, 0.1) is 12.2 Å². The van der Waals surface area contributed by atoms with E-state index < -0.39 is 11.7 Å². The first kappa shape index (κ1) is 19.6. The van der Waals surface area contributed by atoms with Gasteiger partial charge in [0.15, 0.2) is 6.10 Å². The Morgan fingerprint density at radius 2 is 1.92 bits per heavy atom. The van der Waals surface area contributed by atoms with Crippen molar-refractivity contribution in [1.82, 2.24) is 4.90 Å². The van der Waals surface area contributed by atoms with Gasteiger partial charge in [0.25, 0.3) is 11.8 Å². The van der Waals surface area contributed by atoms with E-state index in [0.29, 0.717) is 32.2 Å². The second-order valence-electron chi connectivity index (χ2n) is 7.10. The molecule has 0 aromatic carbocycles. The summed E-state index contributed by atoms with van der Waals surface area (Å²) in [5.74, 6) is -0.940. The minimum Gasteiger partial charge on any atom is -0.457 e. The highest BCUT2D eigenvalue weighted by atomic mass is 16.6. The fraction of sp³-hybridized carbons (Fsp3) is 0.722. The lowest BCUT2D eigenvalue weighted by atomic mass is 9.86. The highest BCUT2D eigenvalue weighted by molar-refractivity contribution is 6.12. The van der Waals surface area contributed by atoms with Crippen LogP contribution in [0.1, 0.15) is 52.9 Å². The zero-order valence-corrected chi connectivity index (χ0v) is 15.1. The molecule has 140 valence electrons. The third kappa shape index (κ3) is 5.12. The second-order valence-corrected chi connectivity index (χ2v) is 7.10. The fourth-order valence-corrected chi connectivity index (χ4v) is 3.48. The summed E-state index contributed by atoms with van der Waals surface area (Å²) < 4.78 is 11.1. The molecule has 0 aliphatic carbocycles. The lowest BCUT2D eigenvalue weighted by molar-refractivity contribution is -0.219. The molecule has 4 unspecified atom stereocenters. The Morgan fingerprint density at radius 1 is 1.28 bits per heavy atom. The molecule has 1 N–H and O–H groups in total. The van der Waals surface area contributed by atoms with Crippen molar-refractivity contribution in [2.45, 2.75) is 76.8 Å². The molecular formula is C18H27NO6. The first-order valence-electron chi connectivity index (χ1n) is 8.81. The summed E-state index contributed by atoms with van der Waals surface area (Å²) in [6.45, 7) is 5.70. The van der Waals surface area contributed by atoms with Gasteiger partial charge in [-0.25, -0.2) is 0 Å². The number of esters is 1. The van der Waals surface area contributed by atoms with Crippen LogP contribution in [0.5, 0.6) is 0 Å². The van der Waals surface area contributed by atoms with Crippen LogP contribution in [-0.4, -0.2) is 58.2 Å². The van der Waals surface area contributed by atoms with E-state index in [9.17, 15) is 19.5 Å². The number of ether oxygens (including phenoxy) is 2. The maximum atomic E-state index is 12.0. The van der Waals surface area contributed by atoms with E-state index in [4.69, 9.17) is 9.47 Å². The predicted molar refractivity (Wildman–Crippen MR) is 89.5 cm³/mol. The molecule has 2 heterocycles. The Bertz CT molecular complexity index is 538. The van der Waals surface area contributed by atoms with Crippen LogP contribution in [0.3, 0.4) is 0 Å². The molecule has 7 nitrogen and oxygen atoms in total. The lowest BCUT2D eigenvalue weighted by Gasteiger charge is -2.43. The van der Waals surface area contributed by atoms with Crippen LogP contribution in [0.15, 0.2) is 12.2 Å². The fourth-order valence-electron chi connectivity index (χ4n) is 3.48. The Labute approximate surface area is 148 Å². The van der Waals surface area contributed by atoms with Crippen LogP contribution in [0.25, 0.3) is 0 Å². The summed E-state index contributed by atoms with van der Waals surface area (Å²) in [7, 11) is 0. The smallest absolute Gasteiger partial charge is 0.306 e. The number of nitrogens with zero attached hydrogens (tertiary/aromatic N) is 1. The van der Waals surface area contributed by atoms with E-state index in [1.165, 1.54) is 17.1 Å². The van der Waals surface area contributed by atoms with Gasteiger partial charge in [-0.2, -0.15) is 0 Å². The van der Waals surface area contributed by atoms with E-state index in [0.717, 1.165) is 0 Å². The van der Waals surface area contributed by atoms with Crippen molar-refractivity contribution in [3.8, 4) is 0 Å². The standard InChI is InChI=1S/C18H27NO6/c1-12-11-18(3,23)17(13(2)24-12)25-16(22)7-5-4-6-10-19-14(20)8-9-15(19)21/h8-9,12-13,17,23H,4-7,10-11H2,1-3H3. The van der Waals surface area contributed by atoms with Crippen molar-refractivity contribution in [1.29, 1.82) is 0 Å². The van der Waals surface area contributed by atoms with Gasteiger partial charge in [-0.3, -0.25) is 19.3 Å². The average molecular weight is 353 g/mol. The minimum absolute atomic E-state index is 0.0783. The molecule has 2 aliphatic heterocycles. The van der Waals surface area contributed by atoms with E-state index in [1.54, 1.807) is 13.8 Å². The van der Waals surface area contributed by atoms with Crippen molar-refractivity contribution in [2.24, 2.45) is 0 Å². The highest BCUT2D eigenvalue weighted by Gasteiger charge is 2.45. The molecule has 25 heavy (non-hydrogen) atoms. The number of hydrogen-bond acceptors (Lipinski definition) is 6. The number of rotatable bonds is 7. The summed E-state index contributed by atoms with van der Waals surface area (Å²) in [6.07, 6.45) is 4.01. The van der Waals surface area contributed by atoms with Crippen LogP contribution >= 0.6 is 0 Å². The van der Waals surface area contributed by atoms with Crippen LogP contribution in [0, 0.1) is 0 Å². The van der Waals surface area contributed by atoms with Gasteiger partial charge in [-0.1, -0.05) is 6.42 Å². The topological polar surface area (TPSA) is 93.1 Å². The van der Waals surface area contributed by atoms with Gasteiger partial charge in [0, 0.05) is 31.5 Å². The lowest BCUT2D eigenvalue weighted by Crippen LogP contribution is -2.56. The molecule has 0 saturated carbocycles. The summed E-state index contributed by atoms with van der Waals surface area (Å²) in [4.78, 5) is 36.0. The molecule has 4 atom stereocenters. The molecule has 7 heteroatoms. The molecule has 1 saturated heterocycles. The Morgan fingerprint density at radius 3 is 2.52 bits per heavy atom. The average Bonchev–Trinajstić information content (AvgIpc) is 2.81. The number of amides is 2. The monoisotopic (exact) mass is 353 g/mol. The van der Waals surface area contributed by atoms with Crippen LogP contribution in [0.4, 0.5) is 0 Å². The van der Waals surface area contributed by atoms with Crippen molar-refractivity contribution in [3.05, 3.63) is 12.2 Å². The van der Waals surface area contributed by atoms with E-state index in [2.05, 4.69) is 0 Å². The van der Waals surface area contributed by atoms with E-state index in [1.807, 2.05) is 6.92 Å². The van der Waals surface area contributed by atoms with Gasteiger partial charge < -0.3 is 14.6 Å². The SMILES string of the molecule is CC1CC(C)(O)C(OC(=O)CCCCCN2C(=O)C=CC2=O)C(C)O1. The summed E-state index contributed by atoms with van der Waals surface area (Å²) >= 11 is 0. The maximum Gasteiger partial charge on any atom is 0.306 e. The normalized spacial score (nSPS) is 32.3. The molecule has 0 aromatic rings. The van der Waals surface area contributed by atoms with Crippen molar-refractivity contribution >= 4 is 17.8 Å². The van der Waals surface area contributed by atoms with Crippen molar-refractivity contribution < 1.29 is 29.0 Å². The highest BCUT2D eigenvalue weighted by Crippen LogP contribution is 2.31. The van der Waals surface area contributed by atoms with E-state index in [-0.39, 0.29) is 36.4 Å². The number of carbonyl (C=O) groups excluding carboxylic acids is 3. The molecule has 2 rings (SSSR count). The van der Waals surface area contributed by atoms with Crippen LogP contribution < -0.4 is 0 Å². The number of unbranched alkanes of at least 4 members (excludes halogenated alkanes) is 2. The Hall–Kier alpha value is -1.73. The summed E-state index contributed by atoms with van der Waals surface area (Å²) in [5, 5.41) is 10.5. The Balaban J connectivity index is 1.67. The molecule has 0 bridgehead atoms. The van der Waals surface area contributed by atoms with Crippen LogP contribution in [-0.2, 0) is 23.9 Å². The number of imide groups is 1. The quantitative estimate of drug-likeness (QED) is 0.422. The zero-order valence-electron chi connectivity index (χ0n) is 15.1. The number of hydrogen-bond donors (Lipinski definition) is 1. The molecule has 2 aliphatic rings. The third-order valence-corrected chi connectivity index (χ3v) is 4.61. The largest absolute Gasteiger partial charge is 0.457 e. The minimum atomic E-state index is -1.10. The van der Waals surface area contributed by atoms with Gasteiger partial charge in [0.2, 0.25) is 0 Å². The second kappa shape index (κ2) is 8.10. The van der Waals surface area contributed by atoms with Crippen LogP contribution in [0.2, 0.25) is 0 Å².